The van der Waals surface area contributed by atoms with Gasteiger partial charge in [0.25, 0.3) is 5.56 Å². The summed E-state index contributed by atoms with van der Waals surface area (Å²) in [7, 11) is 1.47. The second-order valence-corrected chi connectivity index (χ2v) is 8.31. The smallest absolute Gasteiger partial charge is 0.417 e. The van der Waals surface area contributed by atoms with E-state index >= 15 is 0 Å². The van der Waals surface area contributed by atoms with Gasteiger partial charge in [-0.2, -0.15) is 13.2 Å². The highest BCUT2D eigenvalue weighted by Gasteiger charge is 2.33. The van der Waals surface area contributed by atoms with Crippen LogP contribution in [0, 0.1) is 0 Å². The van der Waals surface area contributed by atoms with Crippen LogP contribution in [0.4, 0.5) is 19.1 Å². The highest BCUT2D eigenvalue weighted by atomic mass is 35.5. The lowest BCUT2D eigenvalue weighted by Crippen LogP contribution is -2.18. The van der Waals surface area contributed by atoms with Crippen LogP contribution in [0.3, 0.4) is 0 Å². The van der Waals surface area contributed by atoms with Crippen molar-refractivity contribution in [3.63, 3.8) is 0 Å². The van der Waals surface area contributed by atoms with E-state index in [0.717, 1.165) is 23.3 Å². The summed E-state index contributed by atoms with van der Waals surface area (Å²) < 4.78 is 49.1. The normalized spacial score (nSPS) is 11.3. The highest BCUT2D eigenvalue weighted by molar-refractivity contribution is 6.31. The average Bonchev–Trinajstić information content (AvgIpc) is 2.86. The first-order valence-corrected chi connectivity index (χ1v) is 11.4. The van der Waals surface area contributed by atoms with Gasteiger partial charge < -0.3 is 14.8 Å². The third-order valence-corrected chi connectivity index (χ3v) is 5.56. The fourth-order valence-corrected chi connectivity index (χ4v) is 3.65. The highest BCUT2D eigenvalue weighted by Crippen LogP contribution is 2.37. The number of methoxy groups -OCH3 is 1. The molecule has 0 saturated carbocycles. The summed E-state index contributed by atoms with van der Waals surface area (Å²) in [4.78, 5) is 27.4. The molecule has 37 heavy (non-hydrogen) atoms. The van der Waals surface area contributed by atoms with Crippen LogP contribution in [-0.2, 0) is 19.0 Å². The average molecular weight is 532 g/mol. The van der Waals surface area contributed by atoms with E-state index in [9.17, 15) is 18.0 Å². The number of halogens is 4. The van der Waals surface area contributed by atoms with Crippen molar-refractivity contribution >= 4 is 17.5 Å². The number of anilines is 1. The Balaban J connectivity index is 1.28. The lowest BCUT2D eigenvalue weighted by Gasteiger charge is -2.11. The Kier molecular flexibility index (Phi) is 7.92. The third-order valence-electron chi connectivity index (χ3n) is 5.24. The van der Waals surface area contributed by atoms with Gasteiger partial charge in [-0.05, 0) is 41.8 Å². The molecule has 0 aliphatic rings. The number of aromatic nitrogens is 4. The van der Waals surface area contributed by atoms with E-state index in [1.807, 2.05) is 12.1 Å². The molecule has 8 nitrogen and oxygen atoms in total. The number of nitrogens with zero attached hydrogens (tertiary/aromatic N) is 3. The molecule has 0 spiro atoms. The number of hydrogen-bond acceptors (Lipinski definition) is 7. The number of nitrogens with one attached hydrogen (secondary N) is 2. The van der Waals surface area contributed by atoms with Crippen LogP contribution in [0.5, 0.6) is 17.5 Å². The van der Waals surface area contributed by atoms with Crippen molar-refractivity contribution in [3.05, 3.63) is 98.7 Å². The number of H-pyrrole nitrogens is 1. The summed E-state index contributed by atoms with van der Waals surface area (Å²) in [6.45, 7) is 0.503. The number of hydrogen-bond donors (Lipinski definition) is 2. The molecule has 0 saturated heterocycles. The quantitative estimate of drug-likeness (QED) is 0.303. The number of rotatable bonds is 9. The van der Waals surface area contributed by atoms with Crippen LogP contribution in [0.15, 0.2) is 65.8 Å². The SMILES string of the molecule is COc1ncc(Cc2cnc(NCCc3ccc(Oc4ccc(C(F)(F)F)c(Cl)c4)cc3)[nH]c2=O)cn1. The van der Waals surface area contributed by atoms with Gasteiger partial charge in [-0.3, -0.25) is 9.78 Å². The van der Waals surface area contributed by atoms with Gasteiger partial charge in [0.15, 0.2) is 0 Å². The van der Waals surface area contributed by atoms with Crippen LogP contribution in [0.25, 0.3) is 0 Å². The van der Waals surface area contributed by atoms with Gasteiger partial charge in [0.2, 0.25) is 5.95 Å². The first-order chi connectivity index (χ1) is 17.7. The molecule has 0 radical (unpaired) electrons. The largest absolute Gasteiger partial charge is 0.467 e. The zero-order valence-corrected chi connectivity index (χ0v) is 20.2. The fourth-order valence-electron chi connectivity index (χ4n) is 3.37. The van der Waals surface area contributed by atoms with Crippen molar-refractivity contribution in [2.75, 3.05) is 19.0 Å². The van der Waals surface area contributed by atoms with Gasteiger partial charge >= 0.3 is 12.2 Å². The Morgan fingerprint density at radius 3 is 2.30 bits per heavy atom. The molecular formula is C25H21ClF3N5O3. The van der Waals surface area contributed by atoms with E-state index in [1.54, 1.807) is 24.5 Å². The third kappa shape index (κ3) is 6.98. The van der Waals surface area contributed by atoms with Crippen LogP contribution in [0.1, 0.15) is 22.3 Å². The fraction of sp³-hybridized carbons (Fsp3) is 0.200. The zero-order valence-electron chi connectivity index (χ0n) is 19.5. The number of benzene rings is 2. The maximum absolute atomic E-state index is 12.8. The van der Waals surface area contributed by atoms with E-state index in [4.69, 9.17) is 21.1 Å². The number of alkyl halides is 3. The Morgan fingerprint density at radius 2 is 1.68 bits per heavy atom. The minimum atomic E-state index is -4.53. The summed E-state index contributed by atoms with van der Waals surface area (Å²) in [6, 6.07) is 10.6. The second-order valence-electron chi connectivity index (χ2n) is 7.90. The molecule has 2 N–H and O–H groups in total. The molecule has 0 bridgehead atoms. The van der Waals surface area contributed by atoms with Crippen molar-refractivity contribution in [1.82, 2.24) is 19.9 Å². The van der Waals surface area contributed by atoms with Gasteiger partial charge in [-0.25, -0.2) is 15.0 Å². The predicted octanol–water partition coefficient (Wildman–Crippen LogP) is 5.28. The molecule has 0 atom stereocenters. The lowest BCUT2D eigenvalue weighted by atomic mass is 10.1. The first-order valence-electron chi connectivity index (χ1n) is 11.0. The zero-order chi connectivity index (χ0) is 26.4. The summed E-state index contributed by atoms with van der Waals surface area (Å²) in [5, 5.41) is 2.64. The van der Waals surface area contributed by atoms with Gasteiger partial charge in [-0.1, -0.05) is 23.7 Å². The molecule has 4 aromatic rings. The summed E-state index contributed by atoms with van der Waals surface area (Å²) in [5.41, 5.74) is 1.02. The molecule has 0 amide bonds. The molecule has 2 aromatic heterocycles. The topological polar surface area (TPSA) is 102 Å². The molecule has 0 unspecified atom stereocenters. The van der Waals surface area contributed by atoms with Crippen LogP contribution in [-0.4, -0.2) is 33.6 Å². The molecule has 12 heteroatoms. The van der Waals surface area contributed by atoms with E-state index in [2.05, 4.69) is 25.3 Å². The maximum Gasteiger partial charge on any atom is 0.417 e. The number of ether oxygens (including phenoxy) is 2. The Labute approximate surface area is 214 Å². The molecule has 2 heterocycles. The Bertz CT molecular complexity index is 1410. The minimum absolute atomic E-state index is 0.199. The number of aromatic amines is 1. The van der Waals surface area contributed by atoms with Gasteiger partial charge in [-0.15, -0.1) is 0 Å². The summed E-state index contributed by atoms with van der Waals surface area (Å²) in [6.07, 6.45) is 1.12. The Hall–Kier alpha value is -4.12. The molecule has 0 fully saturated rings. The minimum Gasteiger partial charge on any atom is -0.467 e. The van der Waals surface area contributed by atoms with Crippen molar-refractivity contribution in [2.45, 2.75) is 19.0 Å². The molecule has 4 rings (SSSR count). The van der Waals surface area contributed by atoms with Crippen molar-refractivity contribution < 1.29 is 22.6 Å². The summed E-state index contributed by atoms with van der Waals surface area (Å²) >= 11 is 5.73. The molecule has 0 aliphatic carbocycles. The monoisotopic (exact) mass is 531 g/mol. The van der Waals surface area contributed by atoms with Crippen LogP contribution >= 0.6 is 11.6 Å². The maximum atomic E-state index is 12.8. The second kappa shape index (κ2) is 11.3. The molecule has 0 aliphatic heterocycles. The van der Waals surface area contributed by atoms with E-state index in [1.165, 1.54) is 19.4 Å². The van der Waals surface area contributed by atoms with E-state index in [-0.39, 0.29) is 17.3 Å². The van der Waals surface area contributed by atoms with Crippen LogP contribution < -0.4 is 20.3 Å². The lowest BCUT2D eigenvalue weighted by molar-refractivity contribution is -0.137. The van der Waals surface area contributed by atoms with Crippen LogP contribution in [0.2, 0.25) is 5.02 Å². The predicted molar refractivity (Wildman–Crippen MR) is 131 cm³/mol. The Morgan fingerprint density at radius 1 is 0.973 bits per heavy atom. The van der Waals surface area contributed by atoms with E-state index < -0.39 is 16.8 Å². The molecular weight excluding hydrogens is 511 g/mol. The van der Waals surface area contributed by atoms with Gasteiger partial charge in [0.1, 0.15) is 11.5 Å². The van der Waals surface area contributed by atoms with Gasteiger partial charge in [0, 0.05) is 43.2 Å². The van der Waals surface area contributed by atoms with Crippen molar-refractivity contribution in [1.29, 1.82) is 0 Å². The van der Waals surface area contributed by atoms with Crippen molar-refractivity contribution in [3.8, 4) is 17.5 Å². The molecule has 2 aromatic carbocycles. The van der Waals surface area contributed by atoms with E-state index in [0.29, 0.717) is 36.6 Å². The molecule has 192 valence electrons. The van der Waals surface area contributed by atoms with Gasteiger partial charge in [0.05, 0.1) is 17.7 Å². The van der Waals surface area contributed by atoms with Crippen molar-refractivity contribution in [2.24, 2.45) is 0 Å². The first kappa shape index (κ1) is 26.0. The summed E-state index contributed by atoms with van der Waals surface area (Å²) in [5.74, 6) is 1.00. The standard InChI is InChI=1S/C25H21ClF3N5O3/c1-36-24-32-12-16(13-33-24)10-17-14-31-23(34-22(17)35)30-9-8-15-2-4-18(5-3-15)37-19-6-7-20(21(26)11-19)25(27,28)29/h2-7,11-14H,8-10H2,1H3,(H2,30,31,34,35).